The van der Waals surface area contributed by atoms with Gasteiger partial charge in [-0.3, -0.25) is 8.37 Å². The van der Waals surface area contributed by atoms with E-state index < -0.39 is 183 Å². The average Bonchev–Trinajstić information content (AvgIpc) is 1.66. The van der Waals surface area contributed by atoms with Crippen LogP contribution in [-0.4, -0.2) is 309 Å². The number of carbonyl (C=O) groups excluding carboxylic acids is 1. The maximum Gasteiger partial charge on any atom is 0.523 e. The number of carbonyl (C=O) groups is 1. The fraction of sp³-hybridized carbons (Fsp3) is 0.905. The van der Waals surface area contributed by atoms with Crippen molar-refractivity contribution in [1.82, 2.24) is 5.32 Å². The van der Waals surface area contributed by atoms with E-state index in [0.717, 1.165) is 37.7 Å². The lowest BCUT2D eigenvalue weighted by molar-refractivity contribution is -0.218. The van der Waals surface area contributed by atoms with Gasteiger partial charge in [0.15, 0.2) is 60.4 Å². The Morgan fingerprint density at radius 3 is 1.32 bits per heavy atom. The van der Waals surface area contributed by atoms with Crippen LogP contribution >= 0.6 is 0 Å². The van der Waals surface area contributed by atoms with Crippen LogP contribution in [0.4, 0.5) is 18.0 Å². The molecule has 29 atom stereocenters. The number of nitrogens with zero attached hydrogens (tertiary/aromatic N) is 6. The first-order valence-electron chi connectivity index (χ1n) is 40.0. The van der Waals surface area contributed by atoms with E-state index in [1.54, 1.807) is 81.4 Å². The number of nitrogens with two attached hydrogens (primary N) is 1. The van der Waals surface area contributed by atoms with E-state index in [-0.39, 0.29) is 98.6 Å². The van der Waals surface area contributed by atoms with E-state index in [2.05, 4.69) is 29.6 Å². The molecule has 0 bridgehead atoms. The van der Waals surface area contributed by atoms with E-state index in [0.29, 0.717) is 6.61 Å². The lowest BCUT2D eigenvalue weighted by Gasteiger charge is -2.25. The minimum absolute atomic E-state index is 0.0596. The van der Waals surface area contributed by atoms with E-state index in [1.165, 1.54) is 12.1 Å². The molecule has 692 valence electrons. The number of rotatable bonds is 16. The van der Waals surface area contributed by atoms with Crippen molar-refractivity contribution < 1.29 is 169 Å². The summed E-state index contributed by atoms with van der Waals surface area (Å²) in [7, 11) is -9.62. The first-order chi connectivity index (χ1) is 55.7. The van der Waals surface area contributed by atoms with Crippen LogP contribution in [0, 0.1) is 6.92 Å². The van der Waals surface area contributed by atoms with Gasteiger partial charge in [-0.05, 0) is 159 Å². The molecule has 46 heteroatoms. The van der Waals surface area contributed by atoms with Gasteiger partial charge in [0.1, 0.15) is 78.8 Å². The molecule has 5 unspecified atom stereocenters. The summed E-state index contributed by atoms with van der Waals surface area (Å²) in [5, 5.41) is 76.1. The third-order valence-corrected chi connectivity index (χ3v) is 22.7. The Morgan fingerprint density at radius 1 is 0.517 bits per heavy atom. The molecule has 13 aliphatic rings. The zero-order chi connectivity index (χ0) is 90.0. The van der Waals surface area contributed by atoms with Crippen molar-refractivity contribution in [3.05, 3.63) is 50.7 Å². The van der Waals surface area contributed by atoms with Crippen LogP contribution < -0.4 is 11.1 Å². The lowest BCUT2D eigenvalue weighted by atomic mass is 10.1. The quantitative estimate of drug-likeness (QED) is 0.0319. The molecule has 0 spiro atoms. The molecule has 1 amide bonds. The van der Waals surface area contributed by atoms with Crippen molar-refractivity contribution in [1.29, 1.82) is 0 Å². The van der Waals surface area contributed by atoms with Gasteiger partial charge in [-0.2, -0.15) is 30.0 Å². The Balaban J connectivity index is 0.000000192. The zero-order valence-electron chi connectivity index (χ0n) is 71.3. The first-order valence-corrected chi connectivity index (χ1v) is 42.9. The number of hydrogen-bond acceptors (Lipinski definition) is 36. The fourth-order valence-electron chi connectivity index (χ4n) is 14.5. The number of halogens is 3. The molecule has 0 radical (unpaired) electrons. The third-order valence-electron chi connectivity index (χ3n) is 20.3. The van der Waals surface area contributed by atoms with Crippen molar-refractivity contribution in [2.45, 2.75) is 400 Å². The number of fused-ring (bicyclic) bond motifs is 5. The Hall–Kier alpha value is -4.32. The van der Waals surface area contributed by atoms with E-state index in [4.69, 9.17) is 121 Å². The molecule has 1 aromatic carbocycles. The molecule has 13 aliphatic heterocycles. The number of azide groups is 2. The highest BCUT2D eigenvalue weighted by Gasteiger charge is 2.61. The van der Waals surface area contributed by atoms with Gasteiger partial charge in [-0.25, -0.2) is 4.79 Å². The van der Waals surface area contributed by atoms with E-state index >= 15 is 0 Å². The molecule has 1 aromatic rings. The van der Waals surface area contributed by atoms with Crippen LogP contribution in [0.3, 0.4) is 0 Å². The number of hydrogen-bond donors (Lipinski definition) is 9. The van der Waals surface area contributed by atoms with Crippen LogP contribution in [0.15, 0.2) is 39.4 Å². The minimum atomic E-state index is -5.72. The second-order valence-corrected chi connectivity index (χ2v) is 36.5. The van der Waals surface area contributed by atoms with Gasteiger partial charge in [0.2, 0.25) is 0 Å². The van der Waals surface area contributed by atoms with Crippen LogP contribution in [0.25, 0.3) is 20.9 Å². The molecule has 13 saturated heterocycles. The Morgan fingerprint density at radius 2 is 0.892 bits per heavy atom. The van der Waals surface area contributed by atoms with Gasteiger partial charge in [-0.1, -0.05) is 69.5 Å². The van der Waals surface area contributed by atoms with Crippen LogP contribution in [0.1, 0.15) is 176 Å². The minimum Gasteiger partial charge on any atom is -0.444 e. The molecule has 0 saturated carbocycles. The van der Waals surface area contributed by atoms with Gasteiger partial charge in [-0.15, -0.1) is 0 Å². The number of alkyl carbamates (subject to hydrolysis) is 1. The van der Waals surface area contributed by atoms with Gasteiger partial charge < -0.3 is 137 Å². The Labute approximate surface area is 697 Å². The highest BCUT2D eigenvalue weighted by Crippen LogP contribution is 2.45. The van der Waals surface area contributed by atoms with Gasteiger partial charge in [0, 0.05) is 9.82 Å². The molecule has 13 heterocycles. The Kier molecular flexibility index (Phi) is 36.4. The van der Waals surface area contributed by atoms with Crippen LogP contribution in [0.2, 0.25) is 0 Å². The number of ether oxygens (including phenoxy) is 19. The second kappa shape index (κ2) is 42.5. The molecule has 13 fully saturated rings. The number of nitrogens with one attached hydrogen (secondary N) is 1. The van der Waals surface area contributed by atoms with Gasteiger partial charge in [0.05, 0.1) is 111 Å². The van der Waals surface area contributed by atoms with Crippen LogP contribution in [0.5, 0.6) is 0 Å². The van der Waals surface area contributed by atoms with Crippen LogP contribution in [-0.2, 0) is 119 Å². The molecule has 120 heavy (non-hydrogen) atoms. The summed E-state index contributed by atoms with van der Waals surface area (Å²) in [5.74, 6) is -3.91. The maximum atomic E-state index is 12.4. The number of aliphatic hydroxyl groups is 7. The number of amides is 1. The molecule has 10 N–H and O–H groups in total. The fourth-order valence-corrected chi connectivity index (χ4v) is 16.1. The summed E-state index contributed by atoms with van der Waals surface area (Å²) in [6.07, 6.45) is -10.3. The predicted octanol–water partition coefficient (Wildman–Crippen LogP) is 5.61. The van der Waals surface area contributed by atoms with Crippen molar-refractivity contribution in [3.8, 4) is 0 Å². The summed E-state index contributed by atoms with van der Waals surface area (Å²) in [6, 6.07) is 5.09. The zero-order valence-corrected chi connectivity index (χ0v) is 72.9. The summed E-state index contributed by atoms with van der Waals surface area (Å²) < 4.78 is 196. The van der Waals surface area contributed by atoms with Crippen molar-refractivity contribution in [2.75, 3.05) is 33.0 Å². The predicted molar refractivity (Wildman–Crippen MR) is 409 cm³/mol. The molecule has 0 aromatic heterocycles. The van der Waals surface area contributed by atoms with Crippen molar-refractivity contribution in [3.63, 3.8) is 0 Å². The topological polar surface area (TPSA) is 556 Å². The summed E-state index contributed by atoms with van der Waals surface area (Å²) in [4.78, 5) is 17.1. The molecular formula is C74H125F3N8O33S2. The largest absolute Gasteiger partial charge is 0.523 e. The summed E-state index contributed by atoms with van der Waals surface area (Å²) in [5.41, 5.74) is 17.1. The van der Waals surface area contributed by atoms with Gasteiger partial charge in [0.25, 0.3) is 10.1 Å². The van der Waals surface area contributed by atoms with E-state index in [9.17, 15) is 60.3 Å². The SMILES string of the molecule is CC1(C)OC2O[C@@H](CO)[C@@H](O)[C@@H]2O1.CC[C@@H]1OC2OC(C)(C)O[C@H]2[C@@H]1O.CC[C@@H]1OC2OC(C)(C)O[C@H]2[C@H]1N=[N+]=[N-].CC[C@@H]1OC2OC(C)(C)O[C@H]2[C@H]1OS(=O)(=O)C(F)(F)F.CC[C@@H]1OC[C@@H](O)[C@H]1N.CC[C@@H]1OC[C@@H](O)[C@H]1N=[N+]=[N-].CC[C@@H]1OC[C@@H](O)[C@H]1NC(=O)OC(C)(C)C.Cc1ccc(S(=O)(=O)OC[C@@H]2OC3OC(C)(C)O[C@H]3[C@@H]2O)cc1. The Bertz CT molecular complexity index is 3700. The standard InChI is InChI=1S/C15H20O7S.C11H21NO4.C10H15F3O6S.C9H15N3O3.C9H16O4.C8H14O5.C6H11N3O2.C6H13NO2/c1-9-4-6-10(7-5-9)23(17,18)19-8-11-12(16)13-14(20-11)22-15(2,3)21-13;1-5-8-9(7(13)6-15-8)12-10(14)16-11(2,3)4;1-4-5-6(19-20(14,15)10(11,12)13)7-8(16-5)18-9(2,3)17-7;1-4-5-6(11-12-10)7-8(13-5)15-9(2,3)14-7;1-4-5-6(10)7-8(11-5)13-9(2,3)12-7;1-8(2)12-6-5(10)4(3-9)11-7(6)13-8;1-2-5-6(8-9-7)4(10)3-11-5;1-2-5-6(7)4(8)3-9-5/h4-7,11-14,16H,8H2,1-3H3;7-9,13H,5-6H2,1-4H3,(H,12,14);5-8H,4H2,1-3H3;5-8H,4H2,1-3H3;5-8,10H,4H2,1-3H3;4-7,9-10H,3H2,1-2H3;4-6,10H,2-3H2,1H3;4-6,8H,2-3,7H2,1H3/t11-,12+,13-,14?;7-,8+,9-;2*5-,6-,7-,8?;5-,6+,7-,8?;4-,5+,6-,7?;2*4-,5+,6-/m01000011/s1. The smallest absolute Gasteiger partial charge is 0.444 e. The summed E-state index contributed by atoms with van der Waals surface area (Å²) in [6.45, 7) is 36.5. The molecule has 0 aliphatic carbocycles. The summed E-state index contributed by atoms with van der Waals surface area (Å²) >= 11 is 0. The normalized spacial score (nSPS) is 38.8. The average molecular weight is 1780 g/mol. The maximum absolute atomic E-state index is 12.4. The second-order valence-electron chi connectivity index (χ2n) is 33.3. The molecular weight excluding hydrogens is 1650 g/mol. The monoisotopic (exact) mass is 1770 g/mol. The lowest BCUT2D eigenvalue weighted by Crippen LogP contribution is -2.48. The highest BCUT2D eigenvalue weighted by atomic mass is 32.2. The first kappa shape index (κ1) is 103. The number of benzene rings is 1. The number of aliphatic hydroxyl groups excluding tert-OH is 7. The number of alkyl halides is 3. The molecule has 14 rings (SSSR count). The third kappa shape index (κ3) is 27.4. The van der Waals surface area contributed by atoms with Crippen molar-refractivity contribution >= 4 is 26.3 Å². The number of aryl methyl sites for hydroxylation is 1. The van der Waals surface area contributed by atoms with E-state index in [1.807, 2.05) is 69.2 Å². The molecule has 41 nitrogen and oxygen atoms in total. The highest BCUT2D eigenvalue weighted by molar-refractivity contribution is 7.87. The van der Waals surface area contributed by atoms with Crippen molar-refractivity contribution in [2.24, 2.45) is 16.0 Å². The van der Waals surface area contributed by atoms with Gasteiger partial charge >= 0.3 is 21.7 Å².